The van der Waals surface area contributed by atoms with Crippen LogP contribution in [0.3, 0.4) is 0 Å². The minimum atomic E-state index is -4.65. The Morgan fingerprint density at radius 2 is 1.95 bits per heavy atom. The summed E-state index contributed by atoms with van der Waals surface area (Å²) in [6, 6.07) is 5.55. The number of aromatic nitrogens is 1. The number of hydrogen-bond donors (Lipinski definition) is 0. The first kappa shape index (κ1) is 30.0. The molecule has 0 saturated carbocycles. The van der Waals surface area contributed by atoms with E-state index in [2.05, 4.69) is 4.98 Å². The number of likely N-dealkylation sites (tertiary alicyclic amines) is 1. The highest BCUT2D eigenvalue weighted by molar-refractivity contribution is 6.34. The molecule has 3 heterocycles. The number of aryl methyl sites for hydroxylation is 1. The van der Waals surface area contributed by atoms with E-state index in [1.807, 2.05) is 0 Å². The van der Waals surface area contributed by atoms with Crippen LogP contribution in [0.25, 0.3) is 0 Å². The van der Waals surface area contributed by atoms with Crippen molar-refractivity contribution in [1.82, 2.24) is 9.88 Å². The number of piperidine rings is 1. The molecule has 1 atom stereocenters. The van der Waals surface area contributed by atoms with E-state index in [4.69, 9.17) is 11.6 Å². The predicted molar refractivity (Wildman–Crippen MR) is 143 cm³/mol. The summed E-state index contributed by atoms with van der Waals surface area (Å²) >= 11 is 6.53. The van der Waals surface area contributed by atoms with Gasteiger partial charge >= 0.3 is 6.18 Å². The fourth-order valence-corrected chi connectivity index (χ4v) is 5.59. The number of amides is 2. The van der Waals surface area contributed by atoms with Gasteiger partial charge in [0.05, 0.1) is 28.5 Å². The molecule has 2 aliphatic heterocycles. The topological polar surface area (TPSA) is 60.0 Å². The molecule has 2 aromatic rings. The Balaban J connectivity index is 1.57. The number of rotatable bonds is 7. The van der Waals surface area contributed by atoms with Crippen LogP contribution in [0.2, 0.25) is 5.02 Å². The number of halogens is 6. The Labute approximate surface area is 234 Å². The van der Waals surface area contributed by atoms with Gasteiger partial charge in [0.2, 0.25) is 11.8 Å². The second kappa shape index (κ2) is 11.5. The molecule has 1 aromatic carbocycles. The average molecular weight is 588 g/mol. The number of anilines is 3. The van der Waals surface area contributed by atoms with Crippen molar-refractivity contribution in [2.45, 2.75) is 50.7 Å². The van der Waals surface area contributed by atoms with Crippen molar-refractivity contribution in [3.8, 4) is 0 Å². The van der Waals surface area contributed by atoms with Crippen molar-refractivity contribution in [2.24, 2.45) is 0 Å². The number of hydrogen-bond acceptors (Lipinski definition) is 5. The summed E-state index contributed by atoms with van der Waals surface area (Å²) in [5.41, 5.74) is 0.0120. The zero-order valence-electron chi connectivity index (χ0n) is 22.4. The lowest BCUT2D eigenvalue weighted by Gasteiger charge is -2.35. The van der Waals surface area contributed by atoms with Crippen LogP contribution < -0.4 is 14.7 Å². The van der Waals surface area contributed by atoms with Crippen molar-refractivity contribution in [3.05, 3.63) is 46.6 Å². The van der Waals surface area contributed by atoms with Gasteiger partial charge in [0.15, 0.2) is 0 Å². The Morgan fingerprint density at radius 1 is 1.23 bits per heavy atom. The summed E-state index contributed by atoms with van der Waals surface area (Å²) < 4.78 is 68.1. The molecule has 2 amide bonds. The maximum atomic E-state index is 13.8. The number of alkyl halides is 5. The predicted octanol–water partition coefficient (Wildman–Crippen LogP) is 5.39. The molecule has 40 heavy (non-hydrogen) atoms. The molecule has 218 valence electrons. The third-order valence-electron chi connectivity index (χ3n) is 7.27. The van der Waals surface area contributed by atoms with E-state index in [9.17, 15) is 31.5 Å². The van der Waals surface area contributed by atoms with Crippen LogP contribution in [0.4, 0.5) is 39.1 Å². The standard InChI is InChI=1S/C27H31ClF5N5O2/c1-17-14-18(27(31,32)33)15-22(34-17)38-21(8-9-23(38)39)25(40)36(3)20-7-4-6-19(28)24(20)35(2)12-13-37-11-5-10-26(29,30)16-37/h4,6-7,14-15,21H,5,8-13,16H2,1-3H3. The number of para-hydroxylation sites is 1. The number of carbonyl (C=O) groups excluding carboxylic acids is 2. The summed E-state index contributed by atoms with van der Waals surface area (Å²) in [6.07, 6.45) is -4.29. The van der Waals surface area contributed by atoms with E-state index in [0.717, 1.165) is 17.0 Å². The van der Waals surface area contributed by atoms with E-state index in [1.54, 1.807) is 35.0 Å². The van der Waals surface area contributed by atoms with Gasteiger partial charge in [-0.25, -0.2) is 13.8 Å². The van der Waals surface area contributed by atoms with E-state index < -0.39 is 35.5 Å². The number of benzene rings is 1. The molecular formula is C27H31ClF5N5O2. The van der Waals surface area contributed by atoms with Crippen molar-refractivity contribution < 1.29 is 31.5 Å². The molecular weight excluding hydrogens is 557 g/mol. The molecule has 4 rings (SSSR count). The fraction of sp³-hybridized carbons (Fsp3) is 0.519. The highest BCUT2D eigenvalue weighted by Crippen LogP contribution is 2.38. The molecule has 0 aliphatic carbocycles. The molecule has 0 spiro atoms. The minimum Gasteiger partial charge on any atom is -0.370 e. The Hall–Kier alpha value is -2.99. The number of pyridine rings is 1. The molecule has 0 bridgehead atoms. The molecule has 1 aromatic heterocycles. The van der Waals surface area contributed by atoms with Crippen molar-refractivity contribution in [3.63, 3.8) is 0 Å². The first-order valence-electron chi connectivity index (χ1n) is 12.9. The molecule has 2 aliphatic rings. The molecule has 0 radical (unpaired) electrons. The summed E-state index contributed by atoms with van der Waals surface area (Å²) in [6.45, 7) is 2.35. The SMILES string of the molecule is Cc1cc(C(F)(F)F)cc(N2C(=O)CCC2C(=O)N(C)c2cccc(Cl)c2N(C)CCN2CCCC(F)(F)C2)n1. The van der Waals surface area contributed by atoms with Gasteiger partial charge in [-0.05, 0) is 50.6 Å². The fourth-order valence-electron chi connectivity index (χ4n) is 5.28. The second-order valence-corrected chi connectivity index (χ2v) is 10.7. The first-order chi connectivity index (χ1) is 18.7. The lowest BCUT2D eigenvalue weighted by atomic mass is 10.1. The van der Waals surface area contributed by atoms with Gasteiger partial charge in [-0.15, -0.1) is 0 Å². The minimum absolute atomic E-state index is 0.0238. The maximum Gasteiger partial charge on any atom is 0.416 e. The van der Waals surface area contributed by atoms with Crippen LogP contribution >= 0.6 is 11.6 Å². The summed E-state index contributed by atoms with van der Waals surface area (Å²) in [7, 11) is 3.24. The zero-order chi connectivity index (χ0) is 29.4. The second-order valence-electron chi connectivity index (χ2n) is 10.3. The smallest absolute Gasteiger partial charge is 0.370 e. The lowest BCUT2D eigenvalue weighted by molar-refractivity contribution is -0.137. The molecule has 0 N–H and O–H groups in total. The molecule has 2 saturated heterocycles. The Morgan fingerprint density at radius 3 is 2.62 bits per heavy atom. The van der Waals surface area contributed by atoms with E-state index >= 15 is 0 Å². The number of carbonyl (C=O) groups is 2. The highest BCUT2D eigenvalue weighted by Gasteiger charge is 2.41. The quantitative estimate of drug-likeness (QED) is 0.407. The van der Waals surface area contributed by atoms with Crippen LogP contribution in [-0.2, 0) is 15.8 Å². The van der Waals surface area contributed by atoms with Crippen LogP contribution in [0, 0.1) is 6.92 Å². The van der Waals surface area contributed by atoms with E-state index in [0.29, 0.717) is 42.5 Å². The number of likely N-dealkylation sites (N-methyl/N-ethyl adjacent to an activating group) is 2. The number of nitrogens with zero attached hydrogens (tertiary/aromatic N) is 5. The van der Waals surface area contributed by atoms with Gasteiger partial charge in [0, 0.05) is 45.7 Å². The van der Waals surface area contributed by atoms with Gasteiger partial charge in [0.1, 0.15) is 11.9 Å². The summed E-state index contributed by atoms with van der Waals surface area (Å²) in [4.78, 5) is 36.5. The normalized spacial score (nSPS) is 19.7. The van der Waals surface area contributed by atoms with Crippen molar-refractivity contribution >= 4 is 40.6 Å². The average Bonchev–Trinajstić information content (AvgIpc) is 3.26. The van der Waals surface area contributed by atoms with Crippen LogP contribution in [0.1, 0.15) is 36.9 Å². The van der Waals surface area contributed by atoms with Gasteiger partial charge < -0.3 is 9.80 Å². The van der Waals surface area contributed by atoms with Crippen molar-refractivity contribution in [1.29, 1.82) is 0 Å². The largest absolute Gasteiger partial charge is 0.416 e. The maximum absolute atomic E-state index is 13.8. The molecule has 7 nitrogen and oxygen atoms in total. The first-order valence-corrected chi connectivity index (χ1v) is 13.3. The Bertz CT molecular complexity index is 1270. The summed E-state index contributed by atoms with van der Waals surface area (Å²) in [5, 5.41) is 0.332. The molecule has 2 fully saturated rings. The van der Waals surface area contributed by atoms with Crippen LogP contribution in [0.5, 0.6) is 0 Å². The third-order valence-corrected chi connectivity index (χ3v) is 7.58. The molecule has 13 heteroatoms. The highest BCUT2D eigenvalue weighted by atomic mass is 35.5. The summed E-state index contributed by atoms with van der Waals surface area (Å²) in [5.74, 6) is -3.98. The van der Waals surface area contributed by atoms with Gasteiger partial charge in [-0.3, -0.25) is 19.4 Å². The monoisotopic (exact) mass is 587 g/mol. The van der Waals surface area contributed by atoms with E-state index in [-0.39, 0.29) is 37.3 Å². The Kier molecular flexibility index (Phi) is 8.60. The van der Waals surface area contributed by atoms with Gasteiger partial charge in [-0.1, -0.05) is 17.7 Å². The molecule has 1 unspecified atom stereocenters. The van der Waals surface area contributed by atoms with Crippen LogP contribution in [-0.4, -0.2) is 73.9 Å². The third kappa shape index (κ3) is 6.49. The lowest BCUT2D eigenvalue weighted by Crippen LogP contribution is -2.47. The van der Waals surface area contributed by atoms with Gasteiger partial charge in [0.25, 0.3) is 5.92 Å². The van der Waals surface area contributed by atoms with Gasteiger partial charge in [-0.2, -0.15) is 13.2 Å². The van der Waals surface area contributed by atoms with Crippen molar-refractivity contribution in [2.75, 3.05) is 55.0 Å². The van der Waals surface area contributed by atoms with Crippen LogP contribution in [0.15, 0.2) is 30.3 Å². The zero-order valence-corrected chi connectivity index (χ0v) is 23.2. The van der Waals surface area contributed by atoms with E-state index in [1.165, 1.54) is 18.9 Å².